The number of halogens is 1. The molecule has 7 heteroatoms. The van der Waals surface area contributed by atoms with Crippen LogP contribution in [0.25, 0.3) is 0 Å². The van der Waals surface area contributed by atoms with Crippen LogP contribution >= 0.6 is 11.6 Å². The molecule has 1 aliphatic rings. The zero-order chi connectivity index (χ0) is 18.1. The number of hydrogen-bond acceptors (Lipinski definition) is 4. The normalized spacial score (nSPS) is 21.0. The van der Waals surface area contributed by atoms with Crippen molar-refractivity contribution in [2.45, 2.75) is 50.6 Å². The van der Waals surface area contributed by atoms with Gasteiger partial charge in [0.1, 0.15) is 0 Å². The number of carbonyl (C=O) groups is 1. The fourth-order valence-electron chi connectivity index (χ4n) is 2.97. The van der Waals surface area contributed by atoms with E-state index in [1.165, 1.54) is 6.07 Å². The monoisotopic (exact) mass is 372 g/mol. The number of fused-ring (bicyclic) bond motifs is 1. The van der Waals surface area contributed by atoms with Crippen molar-refractivity contribution in [3.63, 3.8) is 0 Å². The summed E-state index contributed by atoms with van der Waals surface area (Å²) in [5.74, 6) is -0.0987. The SMILES string of the molecule is CNC(CC(C)(C)C)C(=O)NC1CCS(=O)(=O)c2ccc(Cl)cc21. The molecule has 0 fully saturated rings. The molecule has 0 saturated carbocycles. The molecule has 0 aromatic heterocycles. The molecule has 1 aliphatic heterocycles. The highest BCUT2D eigenvalue weighted by molar-refractivity contribution is 7.91. The minimum atomic E-state index is -3.31. The van der Waals surface area contributed by atoms with E-state index in [2.05, 4.69) is 31.4 Å². The predicted octanol–water partition coefficient (Wildman–Crippen LogP) is 2.70. The largest absolute Gasteiger partial charge is 0.348 e. The Bertz CT molecular complexity index is 726. The molecule has 0 saturated heterocycles. The van der Waals surface area contributed by atoms with Gasteiger partial charge in [0.15, 0.2) is 9.84 Å². The van der Waals surface area contributed by atoms with Gasteiger partial charge in [-0.2, -0.15) is 0 Å². The van der Waals surface area contributed by atoms with Crippen LogP contribution in [0.2, 0.25) is 5.02 Å². The Balaban J connectivity index is 2.25. The number of hydrogen-bond donors (Lipinski definition) is 2. The molecular formula is C17H25ClN2O3S. The number of benzene rings is 1. The lowest BCUT2D eigenvalue weighted by Gasteiger charge is -2.30. The molecular weight excluding hydrogens is 348 g/mol. The van der Waals surface area contributed by atoms with Crippen molar-refractivity contribution in [2.24, 2.45) is 5.41 Å². The third-order valence-electron chi connectivity index (χ3n) is 4.16. The highest BCUT2D eigenvalue weighted by Gasteiger charge is 2.33. The summed E-state index contributed by atoms with van der Waals surface area (Å²) in [6.07, 6.45) is 1.04. The Morgan fingerprint density at radius 1 is 1.38 bits per heavy atom. The zero-order valence-electron chi connectivity index (χ0n) is 14.5. The van der Waals surface area contributed by atoms with Crippen LogP contribution in [0.1, 0.15) is 45.2 Å². The van der Waals surface area contributed by atoms with E-state index in [0.717, 1.165) is 0 Å². The van der Waals surface area contributed by atoms with Crippen molar-refractivity contribution in [3.8, 4) is 0 Å². The van der Waals surface area contributed by atoms with Crippen molar-refractivity contribution in [1.82, 2.24) is 10.6 Å². The average molecular weight is 373 g/mol. The van der Waals surface area contributed by atoms with Crippen LogP contribution in [0.15, 0.2) is 23.1 Å². The van der Waals surface area contributed by atoms with E-state index in [4.69, 9.17) is 11.6 Å². The van der Waals surface area contributed by atoms with Crippen LogP contribution in [0, 0.1) is 5.41 Å². The summed E-state index contributed by atoms with van der Waals surface area (Å²) < 4.78 is 24.5. The molecule has 1 heterocycles. The number of carbonyl (C=O) groups excluding carboxylic acids is 1. The first-order chi connectivity index (χ1) is 11.0. The maximum Gasteiger partial charge on any atom is 0.237 e. The summed E-state index contributed by atoms with van der Waals surface area (Å²) in [5, 5.41) is 6.50. The molecule has 0 aliphatic carbocycles. The molecule has 0 bridgehead atoms. The highest BCUT2D eigenvalue weighted by atomic mass is 35.5. The Morgan fingerprint density at radius 3 is 2.62 bits per heavy atom. The van der Waals surface area contributed by atoms with Gasteiger partial charge < -0.3 is 10.6 Å². The molecule has 24 heavy (non-hydrogen) atoms. The highest BCUT2D eigenvalue weighted by Crippen LogP contribution is 2.34. The third-order valence-corrected chi connectivity index (χ3v) is 6.21. The zero-order valence-corrected chi connectivity index (χ0v) is 16.1. The molecule has 2 rings (SSSR count). The molecule has 0 spiro atoms. The molecule has 2 N–H and O–H groups in total. The summed E-state index contributed by atoms with van der Waals surface area (Å²) in [6.45, 7) is 6.23. The van der Waals surface area contributed by atoms with E-state index >= 15 is 0 Å². The Labute approximate surface area is 149 Å². The van der Waals surface area contributed by atoms with Gasteiger partial charge in [-0.25, -0.2) is 8.42 Å². The number of amides is 1. The van der Waals surface area contributed by atoms with Gasteiger partial charge in [-0.05, 0) is 49.1 Å². The fourth-order valence-corrected chi connectivity index (χ4v) is 4.76. The first kappa shape index (κ1) is 19.2. The standard InChI is InChI=1S/C17H25ClN2O3S/c1-17(2,3)10-14(19-4)16(21)20-13-7-8-24(22,23)15-6-5-11(18)9-12(13)15/h5-6,9,13-14,19H,7-8,10H2,1-4H3,(H,20,21). The summed E-state index contributed by atoms with van der Waals surface area (Å²) in [4.78, 5) is 12.9. The van der Waals surface area contributed by atoms with E-state index in [-0.39, 0.29) is 34.1 Å². The van der Waals surface area contributed by atoms with Gasteiger partial charge in [0.2, 0.25) is 5.91 Å². The predicted molar refractivity (Wildman–Crippen MR) is 95.9 cm³/mol. The quantitative estimate of drug-likeness (QED) is 0.852. The van der Waals surface area contributed by atoms with Gasteiger partial charge in [-0.1, -0.05) is 32.4 Å². The molecule has 2 unspecified atom stereocenters. The molecule has 2 atom stereocenters. The van der Waals surface area contributed by atoms with Crippen molar-refractivity contribution < 1.29 is 13.2 Å². The number of nitrogens with one attached hydrogen (secondary N) is 2. The lowest BCUT2D eigenvalue weighted by atomic mass is 9.87. The molecule has 5 nitrogen and oxygen atoms in total. The average Bonchev–Trinajstić information content (AvgIpc) is 2.46. The lowest BCUT2D eigenvalue weighted by Crippen LogP contribution is -2.46. The van der Waals surface area contributed by atoms with Crippen LogP contribution < -0.4 is 10.6 Å². The third kappa shape index (κ3) is 4.49. The number of sulfone groups is 1. The van der Waals surface area contributed by atoms with E-state index in [1.54, 1.807) is 19.2 Å². The fraction of sp³-hybridized carbons (Fsp3) is 0.588. The van der Waals surface area contributed by atoms with Gasteiger partial charge >= 0.3 is 0 Å². The second-order valence-electron chi connectivity index (χ2n) is 7.46. The summed E-state index contributed by atoms with van der Waals surface area (Å²) in [7, 11) is -1.55. The van der Waals surface area contributed by atoms with Gasteiger partial charge in [0, 0.05) is 5.02 Å². The van der Waals surface area contributed by atoms with Gasteiger partial charge in [0.05, 0.1) is 22.7 Å². The van der Waals surface area contributed by atoms with Crippen molar-refractivity contribution >= 4 is 27.3 Å². The maximum absolute atomic E-state index is 12.6. The minimum Gasteiger partial charge on any atom is -0.348 e. The van der Waals surface area contributed by atoms with Gasteiger partial charge in [0.25, 0.3) is 0 Å². The lowest BCUT2D eigenvalue weighted by molar-refractivity contribution is -0.124. The Morgan fingerprint density at radius 2 is 2.04 bits per heavy atom. The minimum absolute atomic E-state index is 0.00212. The van der Waals surface area contributed by atoms with Crippen LogP contribution in [0.4, 0.5) is 0 Å². The molecule has 0 radical (unpaired) electrons. The van der Waals surface area contributed by atoms with E-state index in [9.17, 15) is 13.2 Å². The summed E-state index contributed by atoms with van der Waals surface area (Å²) in [6, 6.07) is 4.06. The summed E-state index contributed by atoms with van der Waals surface area (Å²) >= 11 is 6.03. The topological polar surface area (TPSA) is 75.3 Å². The molecule has 1 aromatic carbocycles. The summed E-state index contributed by atoms with van der Waals surface area (Å²) in [5.41, 5.74) is 0.579. The Kier molecular flexibility index (Phi) is 5.62. The van der Waals surface area contributed by atoms with E-state index in [0.29, 0.717) is 23.4 Å². The van der Waals surface area contributed by atoms with Crippen LogP contribution in [-0.2, 0) is 14.6 Å². The van der Waals surface area contributed by atoms with Crippen LogP contribution in [0.5, 0.6) is 0 Å². The van der Waals surface area contributed by atoms with Gasteiger partial charge in [-0.15, -0.1) is 0 Å². The maximum atomic E-state index is 12.6. The molecule has 1 aromatic rings. The van der Waals surface area contributed by atoms with Crippen molar-refractivity contribution in [2.75, 3.05) is 12.8 Å². The number of likely N-dealkylation sites (N-methyl/N-ethyl adjacent to an activating group) is 1. The second-order valence-corrected chi connectivity index (χ2v) is 9.97. The first-order valence-electron chi connectivity index (χ1n) is 8.03. The van der Waals surface area contributed by atoms with E-state index in [1.807, 2.05) is 0 Å². The smallest absolute Gasteiger partial charge is 0.237 e. The Hall–Kier alpha value is -1.11. The molecule has 134 valence electrons. The van der Waals surface area contributed by atoms with Crippen molar-refractivity contribution in [3.05, 3.63) is 28.8 Å². The van der Waals surface area contributed by atoms with Gasteiger partial charge in [-0.3, -0.25) is 4.79 Å². The van der Waals surface area contributed by atoms with Crippen LogP contribution in [-0.4, -0.2) is 33.2 Å². The van der Waals surface area contributed by atoms with Crippen LogP contribution in [0.3, 0.4) is 0 Å². The first-order valence-corrected chi connectivity index (χ1v) is 10.1. The van der Waals surface area contributed by atoms with E-state index < -0.39 is 9.84 Å². The van der Waals surface area contributed by atoms with Crippen molar-refractivity contribution in [1.29, 1.82) is 0 Å². The second kappa shape index (κ2) is 7.02. The number of rotatable bonds is 4. The molecule has 1 amide bonds.